The zero-order valence-corrected chi connectivity index (χ0v) is 13.2. The zero-order valence-electron chi connectivity index (χ0n) is 13.2. The summed E-state index contributed by atoms with van der Waals surface area (Å²) in [5.74, 6) is 0.655. The van der Waals surface area contributed by atoms with Gasteiger partial charge in [0.25, 0.3) is 0 Å². The fourth-order valence-electron chi connectivity index (χ4n) is 2.71. The maximum atomic E-state index is 2.36. The first-order valence-corrected chi connectivity index (χ1v) is 7.93. The lowest BCUT2D eigenvalue weighted by Gasteiger charge is -2.24. The van der Waals surface area contributed by atoms with Crippen LogP contribution in [0.4, 0.5) is 0 Å². The van der Waals surface area contributed by atoms with E-state index in [9.17, 15) is 0 Å². The van der Waals surface area contributed by atoms with Crippen molar-refractivity contribution in [2.45, 2.75) is 33.6 Å². The van der Waals surface area contributed by atoms with E-state index in [0.29, 0.717) is 5.92 Å². The van der Waals surface area contributed by atoms with Crippen molar-refractivity contribution in [2.75, 3.05) is 39.3 Å². The summed E-state index contributed by atoms with van der Waals surface area (Å²) < 4.78 is 0. The van der Waals surface area contributed by atoms with E-state index < -0.39 is 0 Å². The van der Waals surface area contributed by atoms with Crippen LogP contribution >= 0.6 is 0 Å². The van der Waals surface area contributed by atoms with Gasteiger partial charge in [-0.05, 0) is 26.3 Å². The molecule has 2 atom stereocenters. The fraction of sp³-hybridized carbons (Fsp3) is 0.647. The van der Waals surface area contributed by atoms with Gasteiger partial charge >= 0.3 is 0 Å². The van der Waals surface area contributed by atoms with Crippen LogP contribution in [0.1, 0.15) is 39.2 Å². The topological polar surface area (TPSA) is 8.88 Å². The minimum Gasteiger partial charge on any atom is -0.331 e. The van der Waals surface area contributed by atoms with E-state index in [2.05, 4.69) is 58.0 Å². The van der Waals surface area contributed by atoms with Crippen molar-refractivity contribution in [1.29, 1.82) is 0 Å². The number of benzene rings is 1. The van der Waals surface area contributed by atoms with Crippen molar-refractivity contribution in [3.63, 3.8) is 0 Å². The Hall–Kier alpha value is -0.860. The number of nitrogens with one attached hydrogen (secondary N) is 2. The molecule has 0 aromatic heterocycles. The number of hydrogen-bond donors (Lipinski definition) is 2. The van der Waals surface area contributed by atoms with E-state index in [1.54, 1.807) is 9.80 Å². The first-order chi connectivity index (χ1) is 9.21. The summed E-state index contributed by atoms with van der Waals surface area (Å²) in [6.45, 7) is 16.8. The molecule has 2 heteroatoms. The molecule has 19 heavy (non-hydrogen) atoms. The molecule has 0 spiro atoms. The third-order valence-electron chi connectivity index (χ3n) is 4.30. The van der Waals surface area contributed by atoms with Crippen LogP contribution in [0.5, 0.6) is 0 Å². The van der Waals surface area contributed by atoms with Gasteiger partial charge in [-0.2, -0.15) is 0 Å². The first kappa shape index (κ1) is 16.2. The highest BCUT2D eigenvalue weighted by atomic mass is 15.2. The second kappa shape index (κ2) is 9.11. The van der Waals surface area contributed by atoms with E-state index in [-0.39, 0.29) is 0 Å². The molecule has 1 aromatic rings. The highest BCUT2D eigenvalue weighted by Crippen LogP contribution is 2.11. The molecule has 1 aromatic carbocycles. The highest BCUT2D eigenvalue weighted by Gasteiger charge is 2.15. The second-order valence-corrected chi connectivity index (χ2v) is 5.58. The van der Waals surface area contributed by atoms with Gasteiger partial charge < -0.3 is 9.80 Å². The lowest BCUT2D eigenvalue weighted by atomic mass is 10.0. The summed E-state index contributed by atoms with van der Waals surface area (Å²) in [5, 5.41) is 0. The van der Waals surface area contributed by atoms with Crippen molar-refractivity contribution >= 4 is 0 Å². The van der Waals surface area contributed by atoms with Crippen molar-refractivity contribution in [3.8, 4) is 0 Å². The first-order valence-electron chi connectivity index (χ1n) is 7.93. The van der Waals surface area contributed by atoms with Crippen LogP contribution in [0.15, 0.2) is 30.3 Å². The molecule has 0 aliphatic heterocycles. The highest BCUT2D eigenvalue weighted by molar-refractivity contribution is 5.18. The minimum absolute atomic E-state index is 0.655. The number of hydrogen-bond acceptors (Lipinski definition) is 0. The summed E-state index contributed by atoms with van der Waals surface area (Å²) in [6.07, 6.45) is 0. The van der Waals surface area contributed by atoms with Gasteiger partial charge in [-0.25, -0.2) is 0 Å². The Morgan fingerprint density at radius 3 is 1.89 bits per heavy atom. The maximum absolute atomic E-state index is 2.36. The minimum atomic E-state index is 0.655. The van der Waals surface area contributed by atoms with Crippen LogP contribution in [-0.2, 0) is 0 Å². The van der Waals surface area contributed by atoms with Crippen LogP contribution in [0.3, 0.4) is 0 Å². The molecular formula is C17H32N2+2. The molecule has 2 N–H and O–H groups in total. The molecule has 0 radical (unpaired) electrons. The standard InChI is InChI=1S/C17H30N2/c1-5-18(6-2)13-14-19(7-3)15-16(4)17-11-9-8-10-12-17/h8-12,16H,5-7,13-15H2,1-4H3/p+2/t16-/m0/s1. The summed E-state index contributed by atoms with van der Waals surface area (Å²) in [7, 11) is 0. The molecule has 0 aliphatic carbocycles. The number of likely N-dealkylation sites (N-methyl/N-ethyl adjacent to an activating group) is 2. The van der Waals surface area contributed by atoms with Gasteiger partial charge in [0.1, 0.15) is 13.1 Å². The molecule has 0 fully saturated rings. The fourth-order valence-corrected chi connectivity index (χ4v) is 2.71. The maximum Gasteiger partial charge on any atom is 0.127 e. The van der Waals surface area contributed by atoms with Crippen LogP contribution < -0.4 is 9.80 Å². The van der Waals surface area contributed by atoms with Gasteiger partial charge in [-0.3, -0.25) is 0 Å². The zero-order chi connectivity index (χ0) is 14.1. The van der Waals surface area contributed by atoms with Gasteiger partial charge in [0.05, 0.1) is 26.2 Å². The van der Waals surface area contributed by atoms with Gasteiger partial charge in [0.2, 0.25) is 0 Å². The normalized spacial score (nSPS) is 14.6. The molecule has 0 bridgehead atoms. The largest absolute Gasteiger partial charge is 0.331 e. The molecule has 0 aliphatic rings. The van der Waals surface area contributed by atoms with E-state index in [4.69, 9.17) is 0 Å². The summed E-state index contributed by atoms with van der Waals surface area (Å²) in [6, 6.07) is 10.9. The summed E-state index contributed by atoms with van der Waals surface area (Å²) >= 11 is 0. The van der Waals surface area contributed by atoms with Gasteiger partial charge in [0, 0.05) is 5.92 Å². The van der Waals surface area contributed by atoms with Crippen LogP contribution in [0.2, 0.25) is 0 Å². The lowest BCUT2D eigenvalue weighted by molar-refractivity contribution is -0.955. The number of quaternary nitrogens is 2. The smallest absolute Gasteiger partial charge is 0.127 e. The monoisotopic (exact) mass is 264 g/mol. The van der Waals surface area contributed by atoms with Crippen molar-refractivity contribution in [1.82, 2.24) is 0 Å². The SMILES string of the molecule is CC[NH+](CC)CC[NH+](CC)C[C@H](C)c1ccccc1. The predicted molar refractivity (Wildman–Crippen MR) is 83.0 cm³/mol. The molecule has 1 rings (SSSR count). The van der Waals surface area contributed by atoms with Gasteiger partial charge in [-0.15, -0.1) is 0 Å². The Kier molecular flexibility index (Phi) is 7.76. The molecule has 108 valence electrons. The average molecular weight is 264 g/mol. The number of rotatable bonds is 9. The van der Waals surface area contributed by atoms with Crippen LogP contribution in [0, 0.1) is 0 Å². The van der Waals surface area contributed by atoms with Crippen molar-refractivity contribution in [3.05, 3.63) is 35.9 Å². The van der Waals surface area contributed by atoms with Crippen molar-refractivity contribution < 1.29 is 9.80 Å². The summed E-state index contributed by atoms with van der Waals surface area (Å²) in [4.78, 5) is 3.45. The molecule has 1 unspecified atom stereocenters. The van der Waals surface area contributed by atoms with Gasteiger partial charge in [-0.1, -0.05) is 37.3 Å². The van der Waals surface area contributed by atoms with Crippen LogP contribution in [0.25, 0.3) is 0 Å². The third-order valence-corrected chi connectivity index (χ3v) is 4.30. The van der Waals surface area contributed by atoms with E-state index in [1.165, 1.54) is 44.8 Å². The Morgan fingerprint density at radius 1 is 0.842 bits per heavy atom. The summed E-state index contributed by atoms with van der Waals surface area (Å²) in [5.41, 5.74) is 1.48. The molecule has 0 amide bonds. The van der Waals surface area contributed by atoms with Gasteiger partial charge in [0.15, 0.2) is 0 Å². The Bertz CT molecular complexity index is 319. The molecule has 0 saturated carbocycles. The quantitative estimate of drug-likeness (QED) is 0.647. The third kappa shape index (κ3) is 5.75. The molecule has 2 nitrogen and oxygen atoms in total. The van der Waals surface area contributed by atoms with E-state index in [0.717, 1.165) is 0 Å². The Balaban J connectivity index is 2.43. The van der Waals surface area contributed by atoms with Crippen molar-refractivity contribution in [2.24, 2.45) is 0 Å². The van der Waals surface area contributed by atoms with E-state index >= 15 is 0 Å². The molecule has 0 saturated heterocycles. The lowest BCUT2D eigenvalue weighted by Crippen LogP contribution is -3.20. The van der Waals surface area contributed by atoms with E-state index in [1.807, 2.05) is 0 Å². The Labute approximate surface area is 119 Å². The predicted octanol–water partition coefficient (Wildman–Crippen LogP) is 0.620. The Morgan fingerprint density at radius 2 is 1.37 bits per heavy atom. The van der Waals surface area contributed by atoms with Crippen LogP contribution in [-0.4, -0.2) is 39.3 Å². The molecule has 0 heterocycles. The second-order valence-electron chi connectivity index (χ2n) is 5.58. The average Bonchev–Trinajstić information content (AvgIpc) is 2.47. The molecular weight excluding hydrogens is 232 g/mol.